The second-order valence-electron chi connectivity index (χ2n) is 14.4. The number of allylic oxidation sites excluding steroid dienone is 8. The van der Waals surface area contributed by atoms with E-state index in [1.165, 1.54) is 44.1 Å². The molecule has 2 aliphatic carbocycles. The van der Waals surface area contributed by atoms with E-state index in [2.05, 4.69) is 168 Å². The van der Waals surface area contributed by atoms with Crippen LogP contribution in [-0.4, -0.2) is 14.5 Å². The molecular formula is C50H35N3O. The normalized spacial score (nSPS) is 16.1. The number of ether oxygens (including phenoxy) is 1. The third-order valence-corrected chi connectivity index (χ3v) is 11.2. The molecule has 0 amide bonds. The Morgan fingerprint density at radius 2 is 1.35 bits per heavy atom. The summed E-state index contributed by atoms with van der Waals surface area (Å²) in [5, 5.41) is 3.55. The van der Waals surface area contributed by atoms with Gasteiger partial charge in [0.05, 0.1) is 28.2 Å². The molecule has 0 bridgehead atoms. The maximum Gasteiger partial charge on any atom is 0.160 e. The standard InChI is InChI=1S/C50H35N3O/c1-3-12-32(13-4-1)34-22-24-35(25-23-34)49-40-17-7-9-19-43(40)51-50(52-49)42-18-11-21-46-48(42)41-29-27-37(31-47(41)54-46)53-44-20-10-8-16-38(44)39-28-26-36(30-45(39)53)33-14-5-2-6-15-33/h1,3-5,7-28,30-31,41H,2,6,29H2. The number of para-hydroxylation sites is 2. The van der Waals surface area contributed by atoms with Crippen LogP contribution in [0.3, 0.4) is 0 Å². The highest BCUT2D eigenvalue weighted by Crippen LogP contribution is 2.50. The van der Waals surface area contributed by atoms with E-state index in [0.717, 1.165) is 69.8 Å². The molecule has 3 aliphatic rings. The van der Waals surface area contributed by atoms with Gasteiger partial charge in [0.1, 0.15) is 11.5 Å². The highest BCUT2D eigenvalue weighted by molar-refractivity contribution is 6.11. The highest BCUT2D eigenvalue weighted by atomic mass is 16.5. The second kappa shape index (κ2) is 12.4. The van der Waals surface area contributed by atoms with Crippen LogP contribution in [0.5, 0.6) is 5.75 Å². The van der Waals surface area contributed by atoms with Crippen molar-refractivity contribution in [2.75, 3.05) is 0 Å². The first-order chi connectivity index (χ1) is 26.8. The minimum atomic E-state index is 0.0739. The summed E-state index contributed by atoms with van der Waals surface area (Å²) in [6, 6.07) is 49.5. The van der Waals surface area contributed by atoms with Gasteiger partial charge in [-0.15, -0.1) is 0 Å². The third kappa shape index (κ3) is 4.98. The number of aromatic nitrogens is 3. The van der Waals surface area contributed by atoms with E-state index >= 15 is 0 Å². The maximum absolute atomic E-state index is 6.74. The zero-order valence-electron chi connectivity index (χ0n) is 29.6. The lowest BCUT2D eigenvalue weighted by atomic mass is 9.88. The number of rotatable bonds is 5. The van der Waals surface area contributed by atoms with Crippen molar-refractivity contribution >= 4 is 44.0 Å². The Morgan fingerprint density at radius 3 is 2.22 bits per heavy atom. The average molecular weight is 694 g/mol. The molecule has 3 heterocycles. The van der Waals surface area contributed by atoms with Crippen LogP contribution in [0.15, 0.2) is 176 Å². The van der Waals surface area contributed by atoms with Gasteiger partial charge in [-0.05, 0) is 65.8 Å². The monoisotopic (exact) mass is 693 g/mol. The van der Waals surface area contributed by atoms with E-state index < -0.39 is 0 Å². The van der Waals surface area contributed by atoms with Crippen LogP contribution in [0, 0.1) is 0 Å². The van der Waals surface area contributed by atoms with E-state index in [1.807, 2.05) is 6.07 Å². The molecule has 0 radical (unpaired) electrons. The Balaban J connectivity index is 0.994. The summed E-state index contributed by atoms with van der Waals surface area (Å²) >= 11 is 0. The lowest BCUT2D eigenvalue weighted by molar-refractivity contribution is 0.425. The van der Waals surface area contributed by atoms with Crippen molar-refractivity contribution in [3.05, 3.63) is 187 Å². The third-order valence-electron chi connectivity index (χ3n) is 11.2. The van der Waals surface area contributed by atoms with Gasteiger partial charge in [0.15, 0.2) is 5.82 Å². The fourth-order valence-corrected chi connectivity index (χ4v) is 8.61. The predicted octanol–water partition coefficient (Wildman–Crippen LogP) is 12.8. The van der Waals surface area contributed by atoms with Crippen molar-refractivity contribution in [1.29, 1.82) is 0 Å². The molecular weight excluding hydrogens is 659 g/mol. The Kier molecular flexibility index (Phi) is 7.09. The molecule has 0 N–H and O–H groups in total. The maximum atomic E-state index is 6.74. The van der Waals surface area contributed by atoms with Crippen LogP contribution in [0.25, 0.3) is 77.8 Å². The van der Waals surface area contributed by atoms with Crippen molar-refractivity contribution in [3.8, 4) is 39.5 Å². The Hall–Kier alpha value is -6.78. The van der Waals surface area contributed by atoms with Gasteiger partial charge in [-0.3, -0.25) is 0 Å². The summed E-state index contributed by atoms with van der Waals surface area (Å²) in [4.78, 5) is 10.5. The van der Waals surface area contributed by atoms with Gasteiger partial charge in [0.2, 0.25) is 0 Å². The van der Waals surface area contributed by atoms with Crippen molar-refractivity contribution in [2.24, 2.45) is 0 Å². The van der Waals surface area contributed by atoms with E-state index in [4.69, 9.17) is 14.7 Å². The molecule has 0 fully saturated rings. The van der Waals surface area contributed by atoms with E-state index in [1.54, 1.807) is 0 Å². The van der Waals surface area contributed by atoms with Gasteiger partial charge in [0.25, 0.3) is 0 Å². The summed E-state index contributed by atoms with van der Waals surface area (Å²) in [6.45, 7) is 0. The van der Waals surface area contributed by atoms with Crippen molar-refractivity contribution in [2.45, 2.75) is 25.2 Å². The molecule has 0 spiro atoms. The van der Waals surface area contributed by atoms with Gasteiger partial charge in [-0.25, -0.2) is 9.97 Å². The fraction of sp³-hybridized carbons (Fsp3) is 0.0800. The Morgan fingerprint density at radius 1 is 0.593 bits per heavy atom. The number of benzene rings is 6. The average Bonchev–Trinajstić information content (AvgIpc) is 3.79. The molecule has 54 heavy (non-hydrogen) atoms. The summed E-state index contributed by atoms with van der Waals surface area (Å²) in [5.74, 6) is 2.63. The minimum absolute atomic E-state index is 0.0739. The summed E-state index contributed by atoms with van der Waals surface area (Å²) in [5.41, 5.74) is 13.5. The molecule has 256 valence electrons. The number of hydrogen-bond donors (Lipinski definition) is 0. The zero-order valence-corrected chi connectivity index (χ0v) is 29.6. The predicted molar refractivity (Wildman–Crippen MR) is 222 cm³/mol. The zero-order chi connectivity index (χ0) is 35.6. The van der Waals surface area contributed by atoms with Crippen molar-refractivity contribution < 1.29 is 4.74 Å². The van der Waals surface area contributed by atoms with Crippen LogP contribution >= 0.6 is 0 Å². The van der Waals surface area contributed by atoms with Gasteiger partial charge in [-0.2, -0.15) is 0 Å². The summed E-state index contributed by atoms with van der Waals surface area (Å²) < 4.78 is 9.15. The van der Waals surface area contributed by atoms with Crippen LogP contribution in [0.1, 0.15) is 36.3 Å². The Labute approximate surface area is 313 Å². The second-order valence-corrected chi connectivity index (χ2v) is 14.4. The number of nitrogens with zero attached hydrogens (tertiary/aromatic N) is 3. The van der Waals surface area contributed by atoms with E-state index in [-0.39, 0.29) is 5.92 Å². The van der Waals surface area contributed by atoms with Crippen LogP contribution in [0.2, 0.25) is 0 Å². The van der Waals surface area contributed by atoms with Gasteiger partial charge in [0, 0.05) is 44.6 Å². The first-order valence-electron chi connectivity index (χ1n) is 18.8. The molecule has 0 saturated heterocycles. The van der Waals surface area contributed by atoms with Crippen LogP contribution in [0.4, 0.5) is 0 Å². The van der Waals surface area contributed by atoms with Crippen molar-refractivity contribution in [3.63, 3.8) is 0 Å². The molecule has 4 nitrogen and oxygen atoms in total. The largest absolute Gasteiger partial charge is 0.461 e. The van der Waals surface area contributed by atoms with Crippen molar-refractivity contribution in [1.82, 2.24) is 14.5 Å². The highest BCUT2D eigenvalue weighted by Gasteiger charge is 2.35. The quantitative estimate of drug-likeness (QED) is 0.180. The van der Waals surface area contributed by atoms with Gasteiger partial charge >= 0.3 is 0 Å². The van der Waals surface area contributed by atoms with E-state index in [0.29, 0.717) is 5.82 Å². The van der Waals surface area contributed by atoms with Gasteiger partial charge < -0.3 is 9.30 Å². The first-order valence-corrected chi connectivity index (χ1v) is 18.8. The molecule has 4 heteroatoms. The topological polar surface area (TPSA) is 39.9 Å². The Bertz CT molecular complexity index is 2930. The molecule has 8 aromatic rings. The smallest absolute Gasteiger partial charge is 0.160 e. The molecule has 6 aromatic carbocycles. The van der Waals surface area contributed by atoms with Crippen LogP contribution in [-0.2, 0) is 0 Å². The first kappa shape index (κ1) is 30.8. The minimum Gasteiger partial charge on any atom is -0.461 e. The molecule has 2 aromatic heterocycles. The molecule has 1 unspecified atom stereocenters. The van der Waals surface area contributed by atoms with E-state index in [9.17, 15) is 0 Å². The molecule has 11 rings (SSSR count). The summed E-state index contributed by atoms with van der Waals surface area (Å²) in [6.07, 6.45) is 14.5. The molecule has 1 aliphatic heterocycles. The molecule has 0 saturated carbocycles. The fourth-order valence-electron chi connectivity index (χ4n) is 8.61. The number of fused-ring (bicyclic) bond motifs is 7. The SMILES string of the molecule is C1=CC(c2ccc3c4ccccc4n(C4=CCC5C(=C4)Oc4cccc(-c6nc(-c7ccc(-c8ccccc8)cc7)c7ccccc7n6)c45)c3c2)=CCC1. The molecule has 1 atom stereocenters. The summed E-state index contributed by atoms with van der Waals surface area (Å²) in [7, 11) is 0. The van der Waals surface area contributed by atoms with Crippen LogP contribution < -0.4 is 4.74 Å². The number of hydrogen-bond acceptors (Lipinski definition) is 3. The van der Waals surface area contributed by atoms with Gasteiger partial charge in [-0.1, -0.05) is 140 Å². The lowest BCUT2D eigenvalue weighted by Crippen LogP contribution is -2.07. The lowest BCUT2D eigenvalue weighted by Gasteiger charge is -2.19.